The highest BCUT2D eigenvalue weighted by molar-refractivity contribution is 7.00. The maximum absolute atomic E-state index is 6.01. The lowest BCUT2D eigenvalue weighted by molar-refractivity contribution is 1.16. The molecule has 11 aromatic carbocycles. The fourth-order valence-electron chi connectivity index (χ4n) is 11.5. The second-order valence-electron chi connectivity index (χ2n) is 19.1. The Bertz CT molecular complexity index is 4380. The van der Waals surface area contributed by atoms with Crippen LogP contribution in [0.15, 0.2) is 267 Å². The molecule has 0 amide bonds. The van der Waals surface area contributed by atoms with Gasteiger partial charge in [-0.25, -0.2) is 9.97 Å². The van der Waals surface area contributed by atoms with Crippen molar-refractivity contribution < 1.29 is 0 Å². The Morgan fingerprint density at radius 1 is 0.299 bits per heavy atom. The summed E-state index contributed by atoms with van der Waals surface area (Å²) in [5.41, 5.74) is 17.8. The van der Waals surface area contributed by atoms with Gasteiger partial charge < -0.3 is 18.9 Å². The molecule has 8 nitrogen and oxygen atoms in total. The van der Waals surface area contributed by atoms with Crippen LogP contribution in [0.5, 0.6) is 0 Å². The smallest absolute Gasteiger partial charge is 0.133 e. The highest BCUT2D eigenvalue weighted by Crippen LogP contribution is 2.53. The molecule has 0 fully saturated rings. The predicted octanol–water partition coefficient (Wildman–Crippen LogP) is 18.1. The van der Waals surface area contributed by atoms with Gasteiger partial charge in [-0.3, -0.25) is 0 Å². The van der Waals surface area contributed by atoms with Crippen LogP contribution in [0.2, 0.25) is 0 Å². The Morgan fingerprint density at radius 2 is 0.636 bits per heavy atom. The van der Waals surface area contributed by atoms with E-state index >= 15 is 0 Å². The molecule has 4 heterocycles. The Morgan fingerprint density at radius 3 is 1.04 bits per heavy atom. The van der Waals surface area contributed by atoms with Crippen molar-refractivity contribution in [2.24, 2.45) is 0 Å². The van der Waals surface area contributed by atoms with Crippen LogP contribution in [0.3, 0.4) is 0 Å². The Balaban J connectivity index is 1.14. The summed E-state index contributed by atoms with van der Waals surface area (Å²) >= 11 is 1.20. The molecule has 0 bridgehead atoms. The normalized spacial score (nSPS) is 11.6. The van der Waals surface area contributed by atoms with Crippen LogP contribution in [-0.4, -0.2) is 27.8 Å². The minimum absolute atomic E-state index is 0.665. The van der Waals surface area contributed by atoms with Gasteiger partial charge >= 0.3 is 0 Å². The van der Waals surface area contributed by atoms with Gasteiger partial charge in [-0.05, 0) is 72.8 Å². The van der Waals surface area contributed by atoms with E-state index in [1.807, 2.05) is 12.1 Å². The lowest BCUT2D eigenvalue weighted by Crippen LogP contribution is -2.17. The van der Waals surface area contributed by atoms with Crippen LogP contribution in [0.25, 0.3) is 99.6 Å². The van der Waals surface area contributed by atoms with Crippen LogP contribution in [0.4, 0.5) is 34.1 Å². The van der Waals surface area contributed by atoms with Crippen molar-refractivity contribution in [1.82, 2.24) is 27.8 Å². The third kappa shape index (κ3) is 7.13. The summed E-state index contributed by atoms with van der Waals surface area (Å²) < 4.78 is 15.6. The molecule has 0 unspecified atom stereocenters. The first-order chi connectivity index (χ1) is 38.3. The van der Waals surface area contributed by atoms with Crippen molar-refractivity contribution in [3.05, 3.63) is 267 Å². The van der Waals surface area contributed by atoms with Crippen molar-refractivity contribution in [3.8, 4) is 33.9 Å². The summed E-state index contributed by atoms with van der Waals surface area (Å²) in [6, 6.07) is 94.0. The second-order valence-corrected chi connectivity index (χ2v) is 19.6. The van der Waals surface area contributed by atoms with Gasteiger partial charge in [-0.2, -0.15) is 8.75 Å². The van der Waals surface area contributed by atoms with E-state index in [-0.39, 0.29) is 0 Å². The zero-order chi connectivity index (χ0) is 50.8. The second kappa shape index (κ2) is 18.3. The number of rotatable bonds is 10. The van der Waals surface area contributed by atoms with Gasteiger partial charge in [-0.1, -0.05) is 194 Å². The first kappa shape index (κ1) is 44.3. The molecule has 77 heavy (non-hydrogen) atoms. The fourth-order valence-corrected chi connectivity index (χ4v) is 12.0. The van der Waals surface area contributed by atoms with Gasteiger partial charge in [-0.15, -0.1) is 0 Å². The third-order valence-corrected chi connectivity index (χ3v) is 15.2. The van der Waals surface area contributed by atoms with Gasteiger partial charge in [0.2, 0.25) is 0 Å². The van der Waals surface area contributed by atoms with Crippen molar-refractivity contribution in [3.63, 3.8) is 0 Å². The van der Waals surface area contributed by atoms with E-state index in [1.54, 1.807) is 0 Å². The Kier molecular flexibility index (Phi) is 10.5. The average Bonchev–Trinajstić information content (AvgIpc) is 4.24. The maximum Gasteiger partial charge on any atom is 0.133 e. The molecule has 0 saturated carbocycles. The van der Waals surface area contributed by atoms with E-state index < -0.39 is 0 Å². The molecule has 0 atom stereocenters. The Labute approximate surface area is 447 Å². The Hall–Kier alpha value is -10.2. The summed E-state index contributed by atoms with van der Waals surface area (Å²) in [7, 11) is 0. The molecule has 0 saturated heterocycles. The summed E-state index contributed by atoms with van der Waals surface area (Å²) in [6.45, 7) is 0. The molecule has 9 heteroatoms. The molecule has 362 valence electrons. The van der Waals surface area contributed by atoms with Gasteiger partial charge in [0, 0.05) is 55.4 Å². The predicted molar refractivity (Wildman–Crippen MR) is 319 cm³/mol. The average molecular weight is 1010 g/mol. The summed E-state index contributed by atoms with van der Waals surface area (Å²) in [6.07, 6.45) is 0. The third-order valence-electron chi connectivity index (χ3n) is 14.7. The van der Waals surface area contributed by atoms with E-state index in [1.165, 1.54) is 11.7 Å². The fraction of sp³-hybridized carbons (Fsp3) is 0. The minimum Gasteiger partial charge on any atom is -0.307 e. The number of fused-ring (bicyclic) bond motifs is 8. The van der Waals surface area contributed by atoms with Crippen LogP contribution in [0.1, 0.15) is 0 Å². The van der Waals surface area contributed by atoms with Gasteiger partial charge in [0.05, 0.1) is 56.6 Å². The van der Waals surface area contributed by atoms with Crippen molar-refractivity contribution in [1.29, 1.82) is 0 Å². The van der Waals surface area contributed by atoms with E-state index in [0.29, 0.717) is 22.1 Å². The van der Waals surface area contributed by atoms with Crippen LogP contribution in [-0.2, 0) is 0 Å². The first-order valence-electron chi connectivity index (χ1n) is 25.7. The standard InChI is InChI=1S/C68H44N8S/c1-7-25-45(26-8-1)59-60(46-27-9-2-10-28-46)70-62-61(69-59)67(75(49-33-15-5-16-34-49)57-43-23-39-53-51-37-19-21-41-55(51)73(65(53)57)47-29-11-3-12-30-47)63-64(72-77-71-63)68(62)76(50-35-17-6-18-36-50)58-44-24-40-54-52-38-20-22-42-56(52)74(66(54)58)48-31-13-4-14-32-48/h1-44H. The van der Waals surface area contributed by atoms with Gasteiger partial charge in [0.25, 0.3) is 0 Å². The van der Waals surface area contributed by atoms with Crippen molar-refractivity contribution in [2.45, 2.75) is 0 Å². The number of hydrogen-bond acceptors (Lipinski definition) is 7. The quantitative estimate of drug-likeness (QED) is 0.127. The zero-order valence-electron chi connectivity index (χ0n) is 41.4. The van der Waals surface area contributed by atoms with Crippen LogP contribution < -0.4 is 9.80 Å². The number of nitrogens with zero attached hydrogens (tertiary/aromatic N) is 8. The number of para-hydroxylation sites is 8. The monoisotopic (exact) mass is 1000 g/mol. The summed E-state index contributed by atoms with van der Waals surface area (Å²) in [4.78, 5) is 16.7. The maximum atomic E-state index is 6.01. The van der Waals surface area contributed by atoms with Gasteiger partial charge in [0.15, 0.2) is 0 Å². The zero-order valence-corrected chi connectivity index (χ0v) is 42.2. The topological polar surface area (TPSA) is 67.9 Å². The largest absolute Gasteiger partial charge is 0.307 e. The molecule has 0 spiro atoms. The number of aromatic nitrogens is 6. The molecular formula is C68H44N8S. The van der Waals surface area contributed by atoms with Crippen molar-refractivity contribution >= 4 is 112 Å². The van der Waals surface area contributed by atoms with E-state index in [2.05, 4.69) is 274 Å². The molecule has 0 radical (unpaired) electrons. The molecular weight excluding hydrogens is 961 g/mol. The molecule has 0 N–H and O–H groups in total. The number of hydrogen-bond donors (Lipinski definition) is 0. The first-order valence-corrected chi connectivity index (χ1v) is 26.5. The lowest BCUT2D eigenvalue weighted by Gasteiger charge is -2.31. The number of anilines is 6. The van der Waals surface area contributed by atoms with Gasteiger partial charge in [0.1, 0.15) is 33.4 Å². The molecule has 15 aromatic rings. The number of benzene rings is 11. The summed E-state index contributed by atoms with van der Waals surface area (Å²) in [5.74, 6) is 0. The molecule has 0 aliphatic rings. The molecule has 0 aliphatic heterocycles. The lowest BCUT2D eigenvalue weighted by atomic mass is 10.0. The highest BCUT2D eigenvalue weighted by atomic mass is 32.1. The minimum atomic E-state index is 0.665. The van der Waals surface area contributed by atoms with Crippen LogP contribution >= 0.6 is 11.7 Å². The van der Waals surface area contributed by atoms with E-state index in [9.17, 15) is 0 Å². The highest BCUT2D eigenvalue weighted by Gasteiger charge is 2.34. The van der Waals surface area contributed by atoms with E-state index in [4.69, 9.17) is 18.7 Å². The molecule has 4 aromatic heterocycles. The van der Waals surface area contributed by atoms with Crippen molar-refractivity contribution in [2.75, 3.05) is 9.80 Å². The molecule has 0 aliphatic carbocycles. The molecule has 15 rings (SSSR count). The SMILES string of the molecule is c1ccc(-c2nc3c(N(c4ccccc4)c4cccc5c6ccccc6n(-c6ccccc6)c45)c4nsnc4c(N(c4ccccc4)c4cccc5c6ccccc6n(-c6ccccc6)c45)c3nc2-c2ccccc2)cc1. The van der Waals surface area contributed by atoms with E-state index in [0.717, 1.165) is 112 Å². The summed E-state index contributed by atoms with van der Waals surface area (Å²) in [5, 5.41) is 4.55. The van der Waals surface area contributed by atoms with Crippen LogP contribution in [0, 0.1) is 0 Å².